The first kappa shape index (κ1) is 16.9. The number of hydrogen-bond acceptors (Lipinski definition) is 6. The van der Waals surface area contributed by atoms with E-state index in [4.69, 9.17) is 21.7 Å². The van der Waals surface area contributed by atoms with E-state index in [1.807, 2.05) is 13.0 Å². The second kappa shape index (κ2) is 8.82. The number of aryl methyl sites for hydroxylation is 1. The van der Waals surface area contributed by atoms with Gasteiger partial charge >= 0.3 is 0 Å². The molecule has 2 rings (SSSR count). The summed E-state index contributed by atoms with van der Waals surface area (Å²) in [6.07, 6.45) is 0.895. The first-order valence-corrected chi connectivity index (χ1v) is 7.82. The second-order valence-electron chi connectivity index (χ2n) is 5.02. The molecule has 1 fully saturated rings. The van der Waals surface area contributed by atoms with Gasteiger partial charge in [-0.05, 0) is 25.6 Å². The molecule has 1 saturated heterocycles. The average Bonchev–Trinajstić information content (AvgIpc) is 2.52. The average molecular weight is 325 g/mol. The zero-order valence-corrected chi connectivity index (χ0v) is 13.9. The fourth-order valence-electron chi connectivity index (χ4n) is 2.13. The Kier molecular flexibility index (Phi) is 6.75. The number of aromatic nitrogens is 2. The molecule has 1 aromatic heterocycles. The van der Waals surface area contributed by atoms with E-state index >= 15 is 0 Å². The van der Waals surface area contributed by atoms with Crippen LogP contribution in [-0.4, -0.2) is 61.6 Å². The van der Waals surface area contributed by atoms with Crippen molar-refractivity contribution in [3.05, 3.63) is 11.8 Å². The minimum absolute atomic E-state index is 0.519. The molecule has 0 saturated carbocycles. The molecule has 0 atom stereocenters. The van der Waals surface area contributed by atoms with Gasteiger partial charge in [0.25, 0.3) is 0 Å². The highest BCUT2D eigenvalue weighted by Gasteiger charge is 2.14. The molecule has 1 aliphatic heterocycles. The van der Waals surface area contributed by atoms with Crippen LogP contribution < -0.4 is 15.5 Å². The van der Waals surface area contributed by atoms with Gasteiger partial charge in [0.2, 0.25) is 5.95 Å². The van der Waals surface area contributed by atoms with Crippen molar-refractivity contribution in [3.8, 4) is 0 Å². The molecule has 7 nitrogen and oxygen atoms in total. The standard InChI is InChI=1S/C14H23N5O2S/c1-11-10-12(19-5-8-21-9-6-19)17-13(16-11)18-14(22)15-4-3-7-20-2/h10H,3-9H2,1-2H3,(H2,15,16,17,18,22). The summed E-state index contributed by atoms with van der Waals surface area (Å²) in [7, 11) is 1.68. The minimum atomic E-state index is 0.519. The monoisotopic (exact) mass is 325 g/mol. The molecule has 2 heterocycles. The van der Waals surface area contributed by atoms with Gasteiger partial charge in [-0.25, -0.2) is 4.98 Å². The Balaban J connectivity index is 1.92. The Morgan fingerprint density at radius 3 is 2.91 bits per heavy atom. The molecule has 22 heavy (non-hydrogen) atoms. The summed E-state index contributed by atoms with van der Waals surface area (Å²) >= 11 is 5.25. The third-order valence-electron chi connectivity index (χ3n) is 3.21. The second-order valence-corrected chi connectivity index (χ2v) is 5.43. The number of hydrogen-bond donors (Lipinski definition) is 2. The molecule has 0 aliphatic carbocycles. The molecule has 0 radical (unpaired) electrons. The lowest BCUT2D eigenvalue weighted by Crippen LogP contribution is -2.37. The molecule has 0 bridgehead atoms. The maximum atomic E-state index is 5.37. The van der Waals surface area contributed by atoms with Crippen LogP contribution in [0.2, 0.25) is 0 Å². The van der Waals surface area contributed by atoms with Crippen LogP contribution >= 0.6 is 12.2 Å². The van der Waals surface area contributed by atoms with Gasteiger partial charge in [0.1, 0.15) is 5.82 Å². The highest BCUT2D eigenvalue weighted by atomic mass is 32.1. The quantitative estimate of drug-likeness (QED) is 0.592. The smallest absolute Gasteiger partial charge is 0.231 e. The summed E-state index contributed by atoms with van der Waals surface area (Å²) in [5.41, 5.74) is 0.904. The van der Waals surface area contributed by atoms with Crippen LogP contribution in [0.25, 0.3) is 0 Å². The fraction of sp³-hybridized carbons (Fsp3) is 0.643. The van der Waals surface area contributed by atoms with Crippen molar-refractivity contribution in [1.82, 2.24) is 15.3 Å². The number of rotatable bonds is 6. The van der Waals surface area contributed by atoms with Crippen LogP contribution in [0.15, 0.2) is 6.07 Å². The molecule has 0 aromatic carbocycles. The summed E-state index contributed by atoms with van der Waals surface area (Å²) < 4.78 is 10.4. The van der Waals surface area contributed by atoms with E-state index in [2.05, 4.69) is 25.5 Å². The fourth-order valence-corrected chi connectivity index (χ4v) is 2.32. The van der Waals surface area contributed by atoms with E-state index in [1.54, 1.807) is 7.11 Å². The summed E-state index contributed by atoms with van der Waals surface area (Å²) in [4.78, 5) is 11.1. The van der Waals surface area contributed by atoms with E-state index in [1.165, 1.54) is 0 Å². The molecule has 0 amide bonds. The topological polar surface area (TPSA) is 71.5 Å². The van der Waals surface area contributed by atoms with Gasteiger partial charge in [-0.3, -0.25) is 0 Å². The molecule has 122 valence electrons. The molecule has 1 aliphatic rings. The third kappa shape index (κ3) is 5.36. The zero-order chi connectivity index (χ0) is 15.8. The van der Waals surface area contributed by atoms with Crippen LogP contribution in [0, 0.1) is 6.92 Å². The molecule has 1 aromatic rings. The molecular formula is C14H23N5O2S. The van der Waals surface area contributed by atoms with Gasteiger partial charge in [-0.15, -0.1) is 0 Å². The number of thiocarbonyl (C=S) groups is 1. The summed E-state index contributed by atoms with van der Waals surface area (Å²) in [5, 5.41) is 6.67. The van der Waals surface area contributed by atoms with Gasteiger partial charge in [-0.1, -0.05) is 0 Å². The van der Waals surface area contributed by atoms with Gasteiger partial charge in [0.05, 0.1) is 13.2 Å². The lowest BCUT2D eigenvalue weighted by Gasteiger charge is -2.28. The largest absolute Gasteiger partial charge is 0.385 e. The Morgan fingerprint density at radius 2 is 2.18 bits per heavy atom. The molecule has 0 unspecified atom stereocenters. The SMILES string of the molecule is COCCCNC(=S)Nc1nc(C)cc(N2CCOCC2)n1. The zero-order valence-electron chi connectivity index (χ0n) is 13.1. The van der Waals surface area contributed by atoms with Crippen LogP contribution in [0.3, 0.4) is 0 Å². The van der Waals surface area contributed by atoms with Crippen LogP contribution in [0.5, 0.6) is 0 Å². The predicted molar refractivity (Wildman–Crippen MR) is 90.5 cm³/mol. The Morgan fingerprint density at radius 1 is 1.41 bits per heavy atom. The first-order valence-electron chi connectivity index (χ1n) is 7.41. The third-order valence-corrected chi connectivity index (χ3v) is 3.46. The maximum absolute atomic E-state index is 5.37. The Labute approximate surface area is 136 Å². The highest BCUT2D eigenvalue weighted by molar-refractivity contribution is 7.80. The van der Waals surface area contributed by atoms with Crippen LogP contribution in [-0.2, 0) is 9.47 Å². The van der Waals surface area contributed by atoms with Crippen molar-refractivity contribution in [3.63, 3.8) is 0 Å². The number of anilines is 2. The van der Waals surface area contributed by atoms with Crippen molar-refractivity contribution < 1.29 is 9.47 Å². The van der Waals surface area contributed by atoms with Crippen molar-refractivity contribution >= 4 is 29.1 Å². The van der Waals surface area contributed by atoms with Crippen LogP contribution in [0.1, 0.15) is 12.1 Å². The Hall–Kier alpha value is -1.51. The number of morpholine rings is 1. The molecular weight excluding hydrogens is 302 g/mol. The summed E-state index contributed by atoms with van der Waals surface area (Å²) in [5.74, 6) is 1.42. The van der Waals surface area contributed by atoms with Crippen molar-refractivity contribution in [2.75, 3.05) is 56.8 Å². The van der Waals surface area contributed by atoms with E-state index in [9.17, 15) is 0 Å². The highest BCUT2D eigenvalue weighted by Crippen LogP contribution is 2.16. The van der Waals surface area contributed by atoms with Gasteiger partial charge in [0, 0.05) is 45.1 Å². The normalized spacial score (nSPS) is 14.7. The van der Waals surface area contributed by atoms with Gasteiger partial charge in [-0.2, -0.15) is 4.98 Å². The van der Waals surface area contributed by atoms with E-state index in [-0.39, 0.29) is 0 Å². The minimum Gasteiger partial charge on any atom is -0.385 e. The lowest BCUT2D eigenvalue weighted by atomic mass is 10.3. The molecule has 2 N–H and O–H groups in total. The number of ether oxygens (including phenoxy) is 2. The van der Waals surface area contributed by atoms with E-state index in [0.717, 1.165) is 50.8 Å². The van der Waals surface area contributed by atoms with Gasteiger partial charge in [0.15, 0.2) is 5.11 Å². The van der Waals surface area contributed by atoms with E-state index in [0.29, 0.717) is 17.7 Å². The molecule has 0 spiro atoms. The van der Waals surface area contributed by atoms with Crippen molar-refractivity contribution in [2.45, 2.75) is 13.3 Å². The molecule has 8 heteroatoms. The summed E-state index contributed by atoms with van der Waals surface area (Å²) in [6, 6.07) is 1.98. The maximum Gasteiger partial charge on any atom is 0.231 e. The lowest BCUT2D eigenvalue weighted by molar-refractivity contribution is 0.122. The van der Waals surface area contributed by atoms with Crippen molar-refractivity contribution in [1.29, 1.82) is 0 Å². The number of nitrogens with zero attached hydrogens (tertiary/aromatic N) is 3. The predicted octanol–water partition coefficient (Wildman–Crippen LogP) is 0.945. The number of nitrogens with one attached hydrogen (secondary N) is 2. The summed E-state index contributed by atoms with van der Waals surface area (Å²) in [6.45, 7) is 6.55. The van der Waals surface area contributed by atoms with Crippen molar-refractivity contribution in [2.24, 2.45) is 0 Å². The van der Waals surface area contributed by atoms with Crippen LogP contribution in [0.4, 0.5) is 11.8 Å². The van der Waals surface area contributed by atoms with E-state index < -0.39 is 0 Å². The number of methoxy groups -OCH3 is 1. The van der Waals surface area contributed by atoms with Gasteiger partial charge < -0.3 is 25.0 Å². The Bertz CT molecular complexity index is 494. The first-order chi connectivity index (χ1) is 10.7.